The Morgan fingerprint density at radius 1 is 0.760 bits per heavy atom. The smallest absolute Gasteiger partial charge is 0.289 e. The molecule has 5 nitrogen and oxygen atoms in total. The minimum Gasteiger partial charge on any atom is -0.480 e. The molecule has 2 N–H and O–H groups in total. The van der Waals surface area contributed by atoms with E-state index in [0.29, 0.717) is 24.7 Å². The molecule has 0 saturated heterocycles. The number of aliphatic hydroxyl groups is 2. The number of allylic oxidation sites excluding steroid dienone is 1. The second-order valence-electron chi connectivity index (χ2n) is 7.93. The van der Waals surface area contributed by atoms with E-state index in [1.54, 1.807) is 13.8 Å². The summed E-state index contributed by atoms with van der Waals surface area (Å²) in [5.41, 5.74) is -0.569. The van der Waals surface area contributed by atoms with Gasteiger partial charge in [0.25, 0.3) is 5.95 Å². The number of hydrogen-bond donors (Lipinski definition) is 2. The highest BCUT2D eigenvalue weighted by atomic mass is 16.5. The minimum absolute atomic E-state index is 0.0235. The van der Waals surface area contributed by atoms with Gasteiger partial charge in [-0.15, -0.1) is 0 Å². The van der Waals surface area contributed by atoms with Crippen LogP contribution in [-0.4, -0.2) is 27.6 Å². The summed E-state index contributed by atoms with van der Waals surface area (Å²) in [5.74, 6) is -2.97. The van der Waals surface area contributed by atoms with Gasteiger partial charge in [0.15, 0.2) is 11.6 Å². The van der Waals surface area contributed by atoms with Crippen LogP contribution in [-0.2, 0) is 14.4 Å². The second kappa shape index (κ2) is 11.1. The second-order valence-corrected chi connectivity index (χ2v) is 7.93. The zero-order valence-corrected chi connectivity index (χ0v) is 16.5. The van der Waals surface area contributed by atoms with E-state index in [1.807, 2.05) is 27.7 Å². The van der Waals surface area contributed by atoms with E-state index < -0.39 is 34.9 Å². The molecule has 1 atom stereocenters. The summed E-state index contributed by atoms with van der Waals surface area (Å²) in [4.78, 5) is 37.2. The molecule has 0 aromatic heterocycles. The van der Waals surface area contributed by atoms with Gasteiger partial charge in [0.05, 0.1) is 0 Å². The first-order valence-corrected chi connectivity index (χ1v) is 9.19. The van der Waals surface area contributed by atoms with Crippen molar-refractivity contribution < 1.29 is 24.6 Å². The summed E-state index contributed by atoms with van der Waals surface area (Å²) in [6, 6.07) is 0. The van der Waals surface area contributed by atoms with Gasteiger partial charge >= 0.3 is 0 Å². The molecular weight excluding hydrogens is 320 g/mol. The fourth-order valence-electron chi connectivity index (χ4n) is 2.52. The number of rotatable bonds is 12. The molecule has 0 aliphatic rings. The Bertz CT molecular complexity index is 496. The Kier molecular flexibility index (Phi) is 10.3. The Morgan fingerprint density at radius 3 is 1.68 bits per heavy atom. The first kappa shape index (κ1) is 23.4. The fraction of sp³-hybridized carbons (Fsp3) is 0.750. The highest BCUT2D eigenvalue weighted by Crippen LogP contribution is 2.24. The number of aliphatic hydroxyl groups excluding tert-OH is 1. The van der Waals surface area contributed by atoms with Gasteiger partial charge < -0.3 is 10.2 Å². The van der Waals surface area contributed by atoms with Crippen molar-refractivity contribution >= 4 is 17.3 Å². The van der Waals surface area contributed by atoms with E-state index in [-0.39, 0.29) is 12.2 Å². The van der Waals surface area contributed by atoms with E-state index in [4.69, 9.17) is 0 Å². The van der Waals surface area contributed by atoms with Crippen LogP contribution in [0.5, 0.6) is 0 Å². The standard InChI is InChI=1S/C20H34O5/c1-12(2)7-9-15(11-16(21)10-8-13(3)4)19(23)17(20(24)25)18(22)14(5)6/h12-15,24-25H,7-11H2,1-6H3/t15-/m1/s1. The van der Waals surface area contributed by atoms with Gasteiger partial charge in [-0.2, -0.15) is 0 Å². The normalized spacial score (nSPS) is 12.5. The summed E-state index contributed by atoms with van der Waals surface area (Å²) < 4.78 is 0. The molecular formula is C20H34O5. The number of hydrogen-bond acceptors (Lipinski definition) is 5. The lowest BCUT2D eigenvalue weighted by Gasteiger charge is -2.18. The highest BCUT2D eigenvalue weighted by molar-refractivity contribution is 6.21. The van der Waals surface area contributed by atoms with Crippen molar-refractivity contribution in [3.05, 3.63) is 11.5 Å². The van der Waals surface area contributed by atoms with Gasteiger partial charge in [-0.3, -0.25) is 14.4 Å². The zero-order valence-electron chi connectivity index (χ0n) is 16.5. The lowest BCUT2D eigenvalue weighted by Crippen LogP contribution is -2.28. The van der Waals surface area contributed by atoms with Gasteiger partial charge in [0.1, 0.15) is 11.4 Å². The van der Waals surface area contributed by atoms with Crippen LogP contribution < -0.4 is 0 Å². The molecule has 5 heteroatoms. The first-order valence-electron chi connectivity index (χ1n) is 9.19. The maximum atomic E-state index is 12.8. The van der Waals surface area contributed by atoms with Crippen LogP contribution in [0.2, 0.25) is 0 Å². The Labute approximate surface area is 151 Å². The molecule has 0 saturated carbocycles. The Morgan fingerprint density at radius 2 is 1.28 bits per heavy atom. The molecule has 0 rings (SSSR count). The SMILES string of the molecule is CC(C)CCC(=O)C[C@@H](CCC(C)C)C(=O)C(C(=O)C(C)C)=C(O)O. The molecule has 0 amide bonds. The number of Topliss-reactive ketones (excluding diaryl/α,β-unsaturated/α-hetero) is 3. The quantitative estimate of drug-likeness (QED) is 0.232. The molecule has 0 heterocycles. The lowest BCUT2D eigenvalue weighted by molar-refractivity contribution is -0.129. The maximum absolute atomic E-state index is 12.8. The van der Waals surface area contributed by atoms with Crippen molar-refractivity contribution in [3.63, 3.8) is 0 Å². The van der Waals surface area contributed by atoms with E-state index in [0.717, 1.165) is 12.8 Å². The number of ketones is 3. The maximum Gasteiger partial charge on any atom is 0.289 e. The van der Waals surface area contributed by atoms with Gasteiger partial charge in [0, 0.05) is 24.7 Å². The van der Waals surface area contributed by atoms with E-state index >= 15 is 0 Å². The van der Waals surface area contributed by atoms with Crippen molar-refractivity contribution in [2.24, 2.45) is 23.7 Å². The van der Waals surface area contributed by atoms with Gasteiger partial charge in [-0.1, -0.05) is 48.0 Å². The van der Waals surface area contributed by atoms with Crippen molar-refractivity contribution in [1.82, 2.24) is 0 Å². The Balaban J connectivity index is 5.36. The molecule has 0 fully saturated rings. The summed E-state index contributed by atoms with van der Waals surface area (Å²) >= 11 is 0. The predicted molar refractivity (Wildman–Crippen MR) is 98.4 cm³/mol. The van der Waals surface area contributed by atoms with Crippen molar-refractivity contribution in [2.75, 3.05) is 0 Å². The average Bonchev–Trinajstić information content (AvgIpc) is 2.48. The topological polar surface area (TPSA) is 91.7 Å². The van der Waals surface area contributed by atoms with Crippen LogP contribution in [0.3, 0.4) is 0 Å². The predicted octanol–water partition coefficient (Wildman–Crippen LogP) is 4.56. The van der Waals surface area contributed by atoms with E-state index in [1.165, 1.54) is 0 Å². The van der Waals surface area contributed by atoms with Crippen LogP contribution in [0, 0.1) is 23.7 Å². The zero-order chi connectivity index (χ0) is 19.7. The molecule has 0 unspecified atom stereocenters. The monoisotopic (exact) mass is 354 g/mol. The van der Waals surface area contributed by atoms with Crippen molar-refractivity contribution in [1.29, 1.82) is 0 Å². The highest BCUT2D eigenvalue weighted by Gasteiger charge is 2.32. The summed E-state index contributed by atoms with van der Waals surface area (Å²) in [6.45, 7) is 11.3. The first-order chi connectivity index (χ1) is 11.5. The van der Waals surface area contributed by atoms with Crippen LogP contribution >= 0.6 is 0 Å². The Hall–Kier alpha value is -1.65. The lowest BCUT2D eigenvalue weighted by atomic mass is 9.83. The minimum atomic E-state index is -1.24. The van der Waals surface area contributed by atoms with Crippen LogP contribution in [0.15, 0.2) is 11.5 Å². The molecule has 0 radical (unpaired) electrons. The third kappa shape index (κ3) is 8.84. The fourth-order valence-corrected chi connectivity index (χ4v) is 2.52. The molecule has 25 heavy (non-hydrogen) atoms. The molecule has 0 spiro atoms. The molecule has 0 aliphatic heterocycles. The number of carbonyl (C=O) groups excluding carboxylic acids is 3. The summed E-state index contributed by atoms with van der Waals surface area (Å²) in [7, 11) is 0. The third-order valence-electron chi connectivity index (χ3n) is 4.18. The van der Waals surface area contributed by atoms with Crippen molar-refractivity contribution in [3.8, 4) is 0 Å². The molecule has 0 aromatic rings. The largest absolute Gasteiger partial charge is 0.480 e. The molecule has 0 bridgehead atoms. The van der Waals surface area contributed by atoms with Gasteiger partial charge in [0.2, 0.25) is 0 Å². The number of carbonyl (C=O) groups is 3. The molecule has 0 aromatic carbocycles. The van der Waals surface area contributed by atoms with Crippen LogP contribution in [0.25, 0.3) is 0 Å². The molecule has 144 valence electrons. The summed E-state index contributed by atoms with van der Waals surface area (Å²) in [6.07, 6.45) is 2.36. The average molecular weight is 354 g/mol. The summed E-state index contributed by atoms with van der Waals surface area (Å²) in [5, 5.41) is 18.9. The van der Waals surface area contributed by atoms with Crippen LogP contribution in [0.1, 0.15) is 73.6 Å². The van der Waals surface area contributed by atoms with Crippen LogP contribution in [0.4, 0.5) is 0 Å². The van der Waals surface area contributed by atoms with Gasteiger partial charge in [-0.05, 0) is 24.7 Å². The van der Waals surface area contributed by atoms with E-state index in [2.05, 4.69) is 0 Å². The third-order valence-corrected chi connectivity index (χ3v) is 4.18. The molecule has 0 aliphatic carbocycles. The van der Waals surface area contributed by atoms with E-state index in [9.17, 15) is 24.6 Å². The van der Waals surface area contributed by atoms with Gasteiger partial charge in [-0.25, -0.2) is 0 Å². The van der Waals surface area contributed by atoms with Crippen molar-refractivity contribution in [2.45, 2.75) is 73.6 Å².